The zero-order valence-electron chi connectivity index (χ0n) is 12.0. The Morgan fingerprint density at radius 1 is 1.26 bits per heavy atom. The Hall–Kier alpha value is -1.35. The predicted molar refractivity (Wildman–Crippen MR) is 78.3 cm³/mol. The summed E-state index contributed by atoms with van der Waals surface area (Å²) in [6.45, 7) is 5.53. The number of nitrogens with zero attached hydrogens (tertiary/aromatic N) is 1. The van der Waals surface area contributed by atoms with Crippen LogP contribution in [0, 0.1) is 13.8 Å². The lowest BCUT2D eigenvalue weighted by Gasteiger charge is -2.29. The molecule has 1 heterocycles. The molecular weight excluding hydrogens is 236 g/mol. The quantitative estimate of drug-likeness (QED) is 0.888. The van der Waals surface area contributed by atoms with Crippen LogP contribution in [0.1, 0.15) is 47.2 Å². The van der Waals surface area contributed by atoms with Crippen LogP contribution in [0.2, 0.25) is 0 Å². The fourth-order valence-corrected chi connectivity index (χ4v) is 2.73. The maximum absolute atomic E-state index is 12.7. The van der Waals surface area contributed by atoms with Gasteiger partial charge in [-0.05, 0) is 49.9 Å². The van der Waals surface area contributed by atoms with Crippen LogP contribution in [0.5, 0.6) is 0 Å². The molecule has 104 valence electrons. The number of carbonyl (C=O) groups is 1. The Kier molecular flexibility index (Phi) is 4.59. The minimum atomic E-state index is 0.139. The fourth-order valence-electron chi connectivity index (χ4n) is 2.73. The molecule has 0 bridgehead atoms. The molecule has 1 aromatic carbocycles. The number of carbonyl (C=O) groups excluding carboxylic acids is 1. The predicted octanol–water partition coefficient (Wildman–Crippen LogP) is 2.65. The number of likely N-dealkylation sites (tertiary alicyclic amines) is 1. The number of amides is 1. The van der Waals surface area contributed by atoms with Gasteiger partial charge in [0, 0.05) is 24.7 Å². The van der Waals surface area contributed by atoms with Crippen LogP contribution in [-0.4, -0.2) is 29.9 Å². The number of rotatable bonds is 2. The molecule has 1 fully saturated rings. The van der Waals surface area contributed by atoms with E-state index < -0.39 is 0 Å². The molecule has 1 aliphatic heterocycles. The van der Waals surface area contributed by atoms with Gasteiger partial charge in [-0.3, -0.25) is 4.79 Å². The van der Waals surface area contributed by atoms with E-state index in [0.29, 0.717) is 6.54 Å². The molecule has 0 spiro atoms. The molecule has 1 saturated heterocycles. The second-order valence-electron chi connectivity index (χ2n) is 5.54. The van der Waals surface area contributed by atoms with Crippen molar-refractivity contribution in [3.63, 3.8) is 0 Å². The van der Waals surface area contributed by atoms with Crippen LogP contribution in [0.15, 0.2) is 18.2 Å². The van der Waals surface area contributed by atoms with E-state index in [4.69, 9.17) is 5.73 Å². The van der Waals surface area contributed by atoms with Crippen molar-refractivity contribution in [2.45, 2.75) is 45.6 Å². The van der Waals surface area contributed by atoms with Crippen LogP contribution in [0.4, 0.5) is 0 Å². The minimum Gasteiger partial charge on any atom is -0.334 e. The standard InChI is InChI=1S/C16H24N2O/c1-12-7-8-14(10-13(12)2)16(19)18-9-5-3-4-6-15(18)11-17/h7-8,10,15H,3-6,9,11,17H2,1-2H3. The summed E-state index contributed by atoms with van der Waals surface area (Å²) < 4.78 is 0. The van der Waals surface area contributed by atoms with Gasteiger partial charge in [-0.15, -0.1) is 0 Å². The minimum absolute atomic E-state index is 0.139. The second-order valence-corrected chi connectivity index (χ2v) is 5.54. The molecule has 1 aliphatic rings. The normalized spacial score (nSPS) is 20.2. The van der Waals surface area contributed by atoms with E-state index in [9.17, 15) is 4.79 Å². The van der Waals surface area contributed by atoms with Crippen LogP contribution in [-0.2, 0) is 0 Å². The maximum atomic E-state index is 12.7. The Morgan fingerprint density at radius 3 is 2.74 bits per heavy atom. The first kappa shape index (κ1) is 14.1. The first-order chi connectivity index (χ1) is 9.13. The lowest BCUT2D eigenvalue weighted by atomic mass is 10.0. The molecule has 1 amide bonds. The lowest BCUT2D eigenvalue weighted by Crippen LogP contribution is -2.44. The highest BCUT2D eigenvalue weighted by Gasteiger charge is 2.25. The van der Waals surface area contributed by atoms with E-state index in [1.807, 2.05) is 23.1 Å². The van der Waals surface area contributed by atoms with Crippen LogP contribution in [0.25, 0.3) is 0 Å². The number of hydrogen-bond acceptors (Lipinski definition) is 2. The van der Waals surface area contributed by atoms with Crippen molar-refractivity contribution >= 4 is 5.91 Å². The molecule has 0 radical (unpaired) electrons. The topological polar surface area (TPSA) is 46.3 Å². The smallest absolute Gasteiger partial charge is 0.254 e. The number of benzene rings is 1. The highest BCUT2D eigenvalue weighted by molar-refractivity contribution is 5.94. The Balaban J connectivity index is 2.22. The molecule has 1 aromatic rings. The number of aryl methyl sites for hydroxylation is 2. The van der Waals surface area contributed by atoms with Gasteiger partial charge in [0.1, 0.15) is 0 Å². The first-order valence-electron chi connectivity index (χ1n) is 7.21. The molecule has 3 heteroatoms. The molecular formula is C16H24N2O. The van der Waals surface area contributed by atoms with E-state index in [1.54, 1.807) is 0 Å². The molecule has 0 saturated carbocycles. The van der Waals surface area contributed by atoms with Gasteiger partial charge in [-0.25, -0.2) is 0 Å². The zero-order valence-corrected chi connectivity index (χ0v) is 12.0. The highest BCUT2D eigenvalue weighted by atomic mass is 16.2. The second kappa shape index (κ2) is 6.20. The van der Waals surface area contributed by atoms with E-state index in [-0.39, 0.29) is 11.9 Å². The Labute approximate surface area is 115 Å². The van der Waals surface area contributed by atoms with E-state index in [2.05, 4.69) is 13.8 Å². The molecule has 2 N–H and O–H groups in total. The first-order valence-corrected chi connectivity index (χ1v) is 7.21. The summed E-state index contributed by atoms with van der Waals surface area (Å²) in [7, 11) is 0. The van der Waals surface area contributed by atoms with Gasteiger partial charge >= 0.3 is 0 Å². The van der Waals surface area contributed by atoms with Gasteiger partial charge in [0.15, 0.2) is 0 Å². The van der Waals surface area contributed by atoms with E-state index in [1.165, 1.54) is 24.0 Å². The maximum Gasteiger partial charge on any atom is 0.254 e. The van der Waals surface area contributed by atoms with Gasteiger partial charge in [0.2, 0.25) is 0 Å². The highest BCUT2D eigenvalue weighted by Crippen LogP contribution is 2.20. The van der Waals surface area contributed by atoms with E-state index >= 15 is 0 Å². The SMILES string of the molecule is Cc1ccc(C(=O)N2CCCCCC2CN)cc1C. The third-order valence-corrected chi connectivity index (χ3v) is 4.16. The molecule has 0 aromatic heterocycles. The Morgan fingerprint density at radius 2 is 2.05 bits per heavy atom. The average Bonchev–Trinajstić information content (AvgIpc) is 2.66. The molecule has 2 rings (SSSR count). The molecule has 1 atom stereocenters. The summed E-state index contributed by atoms with van der Waals surface area (Å²) in [6, 6.07) is 6.16. The van der Waals surface area contributed by atoms with Crippen molar-refractivity contribution in [2.75, 3.05) is 13.1 Å². The van der Waals surface area contributed by atoms with Crippen molar-refractivity contribution in [1.29, 1.82) is 0 Å². The van der Waals surface area contributed by atoms with Crippen LogP contribution >= 0.6 is 0 Å². The van der Waals surface area contributed by atoms with Crippen molar-refractivity contribution in [3.05, 3.63) is 34.9 Å². The molecule has 3 nitrogen and oxygen atoms in total. The largest absolute Gasteiger partial charge is 0.334 e. The number of hydrogen-bond donors (Lipinski definition) is 1. The average molecular weight is 260 g/mol. The molecule has 19 heavy (non-hydrogen) atoms. The zero-order chi connectivity index (χ0) is 13.8. The lowest BCUT2D eigenvalue weighted by molar-refractivity contribution is 0.0689. The van der Waals surface area contributed by atoms with Gasteiger partial charge in [-0.1, -0.05) is 18.9 Å². The summed E-state index contributed by atoms with van der Waals surface area (Å²) in [4.78, 5) is 14.6. The van der Waals surface area contributed by atoms with Gasteiger partial charge in [0.25, 0.3) is 5.91 Å². The summed E-state index contributed by atoms with van der Waals surface area (Å²) in [5.74, 6) is 0.139. The van der Waals surface area contributed by atoms with E-state index in [0.717, 1.165) is 24.9 Å². The van der Waals surface area contributed by atoms with Gasteiger partial charge in [0.05, 0.1) is 0 Å². The van der Waals surface area contributed by atoms with Gasteiger partial charge < -0.3 is 10.6 Å². The summed E-state index contributed by atoms with van der Waals surface area (Å²) in [5, 5.41) is 0. The third kappa shape index (κ3) is 3.16. The Bertz CT molecular complexity index is 456. The summed E-state index contributed by atoms with van der Waals surface area (Å²) in [6.07, 6.45) is 4.51. The summed E-state index contributed by atoms with van der Waals surface area (Å²) >= 11 is 0. The van der Waals surface area contributed by atoms with Crippen molar-refractivity contribution in [2.24, 2.45) is 5.73 Å². The number of nitrogens with two attached hydrogens (primary N) is 1. The fraction of sp³-hybridized carbons (Fsp3) is 0.562. The molecule has 1 unspecified atom stereocenters. The third-order valence-electron chi connectivity index (χ3n) is 4.16. The molecule has 0 aliphatic carbocycles. The van der Waals surface area contributed by atoms with Crippen molar-refractivity contribution in [1.82, 2.24) is 4.90 Å². The summed E-state index contributed by atoms with van der Waals surface area (Å²) in [5.41, 5.74) is 9.03. The van der Waals surface area contributed by atoms with Crippen molar-refractivity contribution in [3.8, 4) is 0 Å². The van der Waals surface area contributed by atoms with Gasteiger partial charge in [-0.2, -0.15) is 0 Å². The van der Waals surface area contributed by atoms with Crippen molar-refractivity contribution < 1.29 is 4.79 Å². The van der Waals surface area contributed by atoms with Crippen LogP contribution in [0.3, 0.4) is 0 Å². The van der Waals surface area contributed by atoms with Crippen LogP contribution < -0.4 is 5.73 Å². The monoisotopic (exact) mass is 260 g/mol.